The first-order valence-electron chi connectivity index (χ1n) is 9.93. The normalized spacial score (nSPS) is 22.2. The van der Waals surface area contributed by atoms with Crippen LogP contribution < -0.4 is 10.4 Å². The molecule has 0 amide bonds. The number of ether oxygens (including phenoxy) is 2. The molecule has 0 saturated carbocycles. The molecular weight excluding hydrogens is 364 g/mol. The molecule has 1 saturated heterocycles. The average Bonchev–Trinajstić information content (AvgIpc) is 2.97. The van der Waals surface area contributed by atoms with E-state index in [1.54, 1.807) is 0 Å². The third kappa shape index (κ3) is 4.01. The van der Waals surface area contributed by atoms with E-state index in [0.29, 0.717) is 6.61 Å². The Balaban J connectivity index is 2.03. The van der Waals surface area contributed by atoms with E-state index in [0.717, 1.165) is 0 Å². The topological polar surface area (TPSA) is 27.7 Å². The van der Waals surface area contributed by atoms with Crippen molar-refractivity contribution in [1.82, 2.24) is 0 Å². The zero-order valence-corrected chi connectivity index (χ0v) is 18.6. The predicted octanol–water partition coefficient (Wildman–Crippen LogP) is 4.27. The van der Waals surface area contributed by atoms with Crippen LogP contribution in [0.2, 0.25) is 5.04 Å². The van der Waals surface area contributed by atoms with Crippen molar-refractivity contribution in [1.29, 1.82) is 0 Å². The van der Waals surface area contributed by atoms with Crippen LogP contribution in [-0.2, 0) is 13.9 Å². The third-order valence-electron chi connectivity index (χ3n) is 5.33. The summed E-state index contributed by atoms with van der Waals surface area (Å²) < 4.78 is 19.1. The van der Waals surface area contributed by atoms with Crippen molar-refractivity contribution < 1.29 is 13.9 Å². The Hall–Kier alpha value is -1.72. The maximum atomic E-state index is 6.96. The lowest BCUT2D eigenvalue weighted by Gasteiger charge is -2.43. The fraction of sp³-hybridized carbons (Fsp3) is 0.417. The van der Waals surface area contributed by atoms with Gasteiger partial charge in [0.1, 0.15) is 12.2 Å². The van der Waals surface area contributed by atoms with Crippen LogP contribution in [0.5, 0.6) is 0 Å². The molecule has 0 bridgehead atoms. The highest BCUT2D eigenvalue weighted by molar-refractivity contribution is 6.99. The lowest BCUT2D eigenvalue weighted by atomic mass is 10.2. The molecule has 0 aromatic heterocycles. The van der Waals surface area contributed by atoms with Crippen LogP contribution in [0.3, 0.4) is 0 Å². The first-order valence-corrected chi connectivity index (χ1v) is 11.8. The molecule has 0 radical (unpaired) electrons. The Morgan fingerprint density at radius 1 is 0.964 bits per heavy atom. The molecule has 150 valence electrons. The van der Waals surface area contributed by atoms with Crippen molar-refractivity contribution in [3.63, 3.8) is 0 Å². The number of hydrogen-bond acceptors (Lipinski definition) is 3. The van der Waals surface area contributed by atoms with Gasteiger partial charge in [0, 0.05) is 0 Å². The standard InChI is InChI=1S/C24H32O3Si/c1-7-21-22(27-24(5,6)26-21)18-25-28(23(2,3)4,19-14-10-8-11-15-19)20-16-12-9-13-17-20/h7-17,21-22H,1,18H2,2-6H3/t21-,22-/m1/s1. The van der Waals surface area contributed by atoms with Gasteiger partial charge in [-0.15, -0.1) is 6.58 Å². The molecule has 2 aromatic carbocycles. The summed E-state index contributed by atoms with van der Waals surface area (Å²) >= 11 is 0. The summed E-state index contributed by atoms with van der Waals surface area (Å²) in [6, 6.07) is 21.3. The van der Waals surface area contributed by atoms with E-state index in [1.807, 2.05) is 19.9 Å². The molecule has 3 nitrogen and oxygen atoms in total. The van der Waals surface area contributed by atoms with E-state index >= 15 is 0 Å². The molecular formula is C24H32O3Si. The minimum atomic E-state index is -2.58. The summed E-state index contributed by atoms with van der Waals surface area (Å²) in [6.07, 6.45) is 1.47. The average molecular weight is 397 g/mol. The number of rotatable bonds is 6. The second kappa shape index (κ2) is 7.95. The minimum absolute atomic E-state index is 0.0611. The van der Waals surface area contributed by atoms with Crippen LogP contribution in [0.15, 0.2) is 73.3 Å². The van der Waals surface area contributed by atoms with Gasteiger partial charge in [-0.25, -0.2) is 0 Å². The van der Waals surface area contributed by atoms with E-state index in [4.69, 9.17) is 13.9 Å². The van der Waals surface area contributed by atoms with Gasteiger partial charge in [-0.1, -0.05) is 87.5 Å². The first-order chi connectivity index (χ1) is 13.2. The van der Waals surface area contributed by atoms with E-state index in [9.17, 15) is 0 Å². The van der Waals surface area contributed by atoms with Gasteiger partial charge in [0.2, 0.25) is 0 Å². The van der Waals surface area contributed by atoms with Crippen molar-refractivity contribution in [3.05, 3.63) is 73.3 Å². The predicted molar refractivity (Wildman–Crippen MR) is 118 cm³/mol. The zero-order valence-electron chi connectivity index (χ0n) is 17.6. The smallest absolute Gasteiger partial charge is 0.261 e. The molecule has 1 aliphatic heterocycles. The van der Waals surface area contributed by atoms with E-state index in [-0.39, 0.29) is 17.2 Å². The fourth-order valence-corrected chi connectivity index (χ4v) is 8.73. The van der Waals surface area contributed by atoms with Gasteiger partial charge in [0.05, 0.1) is 6.61 Å². The lowest BCUT2D eigenvalue weighted by molar-refractivity contribution is -0.145. The van der Waals surface area contributed by atoms with E-state index in [1.165, 1.54) is 10.4 Å². The van der Waals surface area contributed by atoms with Crippen molar-refractivity contribution in [2.24, 2.45) is 0 Å². The van der Waals surface area contributed by atoms with Gasteiger partial charge in [0.25, 0.3) is 8.32 Å². The lowest BCUT2D eigenvalue weighted by Crippen LogP contribution is -2.67. The molecule has 2 atom stereocenters. The number of hydrogen-bond donors (Lipinski definition) is 0. The van der Waals surface area contributed by atoms with Crippen LogP contribution in [-0.4, -0.2) is 32.9 Å². The summed E-state index contributed by atoms with van der Waals surface area (Å²) in [7, 11) is -2.58. The van der Waals surface area contributed by atoms with E-state index in [2.05, 4.69) is 88.0 Å². The Bertz CT molecular complexity index is 741. The quantitative estimate of drug-likeness (QED) is 0.539. The minimum Gasteiger partial charge on any atom is -0.405 e. The molecule has 0 aliphatic carbocycles. The Morgan fingerprint density at radius 2 is 1.46 bits per heavy atom. The second-order valence-electron chi connectivity index (χ2n) is 8.85. The van der Waals surface area contributed by atoms with Crippen LogP contribution in [0.1, 0.15) is 34.6 Å². The molecule has 0 spiro atoms. The fourth-order valence-electron chi connectivity index (χ4n) is 4.16. The van der Waals surface area contributed by atoms with E-state index < -0.39 is 14.1 Å². The Labute approximate surface area is 170 Å². The second-order valence-corrected chi connectivity index (χ2v) is 13.2. The van der Waals surface area contributed by atoms with Gasteiger partial charge in [-0.2, -0.15) is 0 Å². The van der Waals surface area contributed by atoms with Crippen molar-refractivity contribution in [2.45, 2.75) is 57.7 Å². The van der Waals surface area contributed by atoms with Crippen LogP contribution >= 0.6 is 0 Å². The van der Waals surface area contributed by atoms with Crippen LogP contribution in [0.25, 0.3) is 0 Å². The highest BCUT2D eigenvalue weighted by atomic mass is 28.4. The summed E-state index contributed by atoms with van der Waals surface area (Å²) in [5, 5.41) is 2.47. The van der Waals surface area contributed by atoms with Crippen LogP contribution in [0.4, 0.5) is 0 Å². The zero-order chi connectivity index (χ0) is 20.4. The van der Waals surface area contributed by atoms with Gasteiger partial charge in [-0.3, -0.25) is 0 Å². The summed E-state index contributed by atoms with van der Waals surface area (Å²) in [5.74, 6) is -0.627. The highest BCUT2D eigenvalue weighted by Crippen LogP contribution is 2.38. The molecule has 4 heteroatoms. The Morgan fingerprint density at radius 3 is 1.89 bits per heavy atom. The molecule has 1 fully saturated rings. The van der Waals surface area contributed by atoms with Gasteiger partial charge in [0.15, 0.2) is 5.79 Å². The molecule has 3 rings (SSSR count). The monoisotopic (exact) mass is 396 g/mol. The number of benzene rings is 2. The molecule has 2 aromatic rings. The summed E-state index contributed by atoms with van der Waals surface area (Å²) in [5.41, 5.74) is 0. The van der Waals surface area contributed by atoms with Crippen molar-refractivity contribution in [2.75, 3.05) is 6.61 Å². The van der Waals surface area contributed by atoms with Crippen molar-refractivity contribution in [3.8, 4) is 0 Å². The van der Waals surface area contributed by atoms with Gasteiger partial charge in [-0.05, 0) is 29.3 Å². The van der Waals surface area contributed by atoms with Gasteiger partial charge >= 0.3 is 0 Å². The molecule has 28 heavy (non-hydrogen) atoms. The Kier molecular flexibility index (Phi) is 5.96. The summed E-state index contributed by atoms with van der Waals surface area (Å²) in [6.45, 7) is 15.1. The van der Waals surface area contributed by atoms with Gasteiger partial charge < -0.3 is 13.9 Å². The van der Waals surface area contributed by atoms with Crippen molar-refractivity contribution >= 4 is 18.7 Å². The maximum Gasteiger partial charge on any atom is 0.261 e. The molecule has 0 N–H and O–H groups in total. The first kappa shape index (κ1) is 21.0. The maximum absolute atomic E-state index is 6.96. The molecule has 1 heterocycles. The highest BCUT2D eigenvalue weighted by Gasteiger charge is 2.51. The SMILES string of the molecule is C=C[C@H]1OC(C)(C)O[C@@H]1CO[Si](c1ccccc1)(c1ccccc1)C(C)(C)C. The molecule has 1 aliphatic rings. The summed E-state index contributed by atoms with van der Waals surface area (Å²) in [4.78, 5) is 0. The van der Waals surface area contributed by atoms with Crippen LogP contribution in [0, 0.1) is 0 Å². The molecule has 0 unspecified atom stereocenters. The largest absolute Gasteiger partial charge is 0.405 e. The third-order valence-corrected chi connectivity index (χ3v) is 10.3.